The van der Waals surface area contributed by atoms with Crippen LogP contribution in [0.4, 0.5) is 4.39 Å². The van der Waals surface area contributed by atoms with E-state index in [1.54, 1.807) is 0 Å². The first kappa shape index (κ1) is 15.2. The Balaban J connectivity index is 2.12. The summed E-state index contributed by atoms with van der Waals surface area (Å²) in [5, 5.41) is 3.69. The molecule has 0 aliphatic rings. The first-order chi connectivity index (χ1) is 8.59. The Morgan fingerprint density at radius 1 is 1.33 bits per heavy atom. The van der Waals surface area contributed by atoms with Gasteiger partial charge in [0, 0.05) is 12.6 Å². The number of ether oxygens (including phenoxy) is 1. The van der Waals surface area contributed by atoms with Gasteiger partial charge in [0.05, 0.1) is 5.02 Å². The Morgan fingerprint density at radius 2 is 2.11 bits per heavy atom. The Kier molecular flexibility index (Phi) is 7.01. The highest BCUT2D eigenvalue weighted by atomic mass is 35.5. The first-order valence-corrected chi connectivity index (χ1v) is 6.40. The summed E-state index contributed by atoms with van der Waals surface area (Å²) >= 11 is 5.88. The highest BCUT2D eigenvalue weighted by Crippen LogP contribution is 2.24. The van der Waals surface area contributed by atoms with Gasteiger partial charge in [0.15, 0.2) is 0 Å². The van der Waals surface area contributed by atoms with Crippen molar-refractivity contribution in [2.24, 2.45) is 0 Å². The van der Waals surface area contributed by atoms with Gasteiger partial charge in [-0.25, -0.2) is 4.39 Å². The number of hydrogen-bond acceptors (Lipinski definition) is 3. The van der Waals surface area contributed by atoms with E-state index in [4.69, 9.17) is 16.3 Å². The average Bonchev–Trinajstić information content (AvgIpc) is 2.32. The van der Waals surface area contributed by atoms with E-state index in [0.717, 1.165) is 26.1 Å². The van der Waals surface area contributed by atoms with E-state index in [2.05, 4.69) is 24.3 Å². The second kappa shape index (κ2) is 8.29. The molecule has 0 saturated heterocycles. The van der Waals surface area contributed by atoms with E-state index in [0.29, 0.717) is 17.4 Å². The molecule has 5 heteroatoms. The van der Waals surface area contributed by atoms with E-state index in [1.807, 2.05) is 0 Å². The third-order valence-corrected chi connectivity index (χ3v) is 2.70. The molecule has 1 rings (SSSR count). The lowest BCUT2D eigenvalue weighted by molar-refractivity contribution is 0.310. The van der Waals surface area contributed by atoms with Crippen molar-refractivity contribution >= 4 is 11.6 Å². The average molecular weight is 275 g/mol. The Bertz CT molecular complexity index is 361. The summed E-state index contributed by atoms with van der Waals surface area (Å²) in [5.74, 6) is 0.0556. The largest absolute Gasteiger partial charge is 0.491 e. The van der Waals surface area contributed by atoms with Gasteiger partial charge < -0.3 is 15.0 Å². The zero-order valence-electron chi connectivity index (χ0n) is 10.9. The Morgan fingerprint density at radius 3 is 2.83 bits per heavy atom. The zero-order chi connectivity index (χ0) is 13.4. The molecule has 0 heterocycles. The van der Waals surface area contributed by atoms with E-state index in [-0.39, 0.29) is 5.82 Å². The van der Waals surface area contributed by atoms with E-state index in [1.165, 1.54) is 18.2 Å². The van der Waals surface area contributed by atoms with Crippen molar-refractivity contribution < 1.29 is 9.13 Å². The quantitative estimate of drug-likeness (QED) is 0.737. The monoisotopic (exact) mass is 274 g/mol. The molecule has 0 bridgehead atoms. The molecule has 1 aromatic carbocycles. The summed E-state index contributed by atoms with van der Waals surface area (Å²) < 4.78 is 18.3. The predicted octanol–water partition coefficient (Wildman–Crippen LogP) is 2.40. The summed E-state index contributed by atoms with van der Waals surface area (Å²) in [4.78, 5) is 2.14. The van der Waals surface area contributed by atoms with Crippen LogP contribution >= 0.6 is 11.6 Å². The smallest absolute Gasteiger partial charge is 0.140 e. The molecule has 0 spiro atoms. The van der Waals surface area contributed by atoms with E-state index < -0.39 is 0 Å². The maximum absolute atomic E-state index is 12.9. The number of benzene rings is 1. The van der Waals surface area contributed by atoms with Gasteiger partial charge in [-0.15, -0.1) is 0 Å². The van der Waals surface area contributed by atoms with Crippen molar-refractivity contribution in [2.45, 2.75) is 6.42 Å². The second-order valence-electron chi connectivity index (χ2n) is 4.33. The minimum Gasteiger partial charge on any atom is -0.491 e. The summed E-state index contributed by atoms with van der Waals surface area (Å²) in [5.41, 5.74) is 0. The topological polar surface area (TPSA) is 24.5 Å². The molecule has 0 aromatic heterocycles. The third-order valence-electron chi connectivity index (χ3n) is 2.39. The van der Waals surface area contributed by atoms with Crippen molar-refractivity contribution in [1.82, 2.24) is 10.2 Å². The number of nitrogens with one attached hydrogen (secondary N) is 1. The van der Waals surface area contributed by atoms with Crippen molar-refractivity contribution in [3.05, 3.63) is 29.0 Å². The molecule has 1 N–H and O–H groups in total. The van der Waals surface area contributed by atoms with Crippen LogP contribution < -0.4 is 10.1 Å². The molecule has 3 nitrogen and oxygen atoms in total. The Hall–Kier alpha value is -0.840. The van der Waals surface area contributed by atoms with Gasteiger partial charge in [-0.05, 0) is 45.7 Å². The van der Waals surface area contributed by atoms with Crippen molar-refractivity contribution in [3.63, 3.8) is 0 Å². The van der Waals surface area contributed by atoms with Gasteiger partial charge >= 0.3 is 0 Å². The molecule has 0 radical (unpaired) electrons. The molecular formula is C13H20ClFN2O. The number of hydrogen-bond donors (Lipinski definition) is 1. The van der Waals surface area contributed by atoms with Gasteiger partial charge in [0.1, 0.15) is 18.2 Å². The predicted molar refractivity (Wildman–Crippen MR) is 72.9 cm³/mol. The van der Waals surface area contributed by atoms with Gasteiger partial charge in [-0.1, -0.05) is 11.6 Å². The van der Waals surface area contributed by atoms with Gasteiger partial charge in [-0.3, -0.25) is 0 Å². The molecule has 102 valence electrons. The van der Waals surface area contributed by atoms with Gasteiger partial charge in [-0.2, -0.15) is 0 Å². The summed E-state index contributed by atoms with van der Waals surface area (Å²) in [6.07, 6.45) is 1.09. The second-order valence-corrected chi connectivity index (χ2v) is 4.74. The maximum Gasteiger partial charge on any atom is 0.140 e. The van der Waals surface area contributed by atoms with Crippen LogP contribution in [-0.4, -0.2) is 45.2 Å². The van der Waals surface area contributed by atoms with Crippen LogP contribution in [0.3, 0.4) is 0 Å². The van der Waals surface area contributed by atoms with Crippen LogP contribution in [0.15, 0.2) is 18.2 Å². The molecule has 0 amide bonds. The van der Waals surface area contributed by atoms with Gasteiger partial charge in [0.25, 0.3) is 0 Å². The minimum absolute atomic E-state index is 0.339. The molecular weight excluding hydrogens is 255 g/mol. The lowest BCUT2D eigenvalue weighted by atomic mass is 10.3. The lowest BCUT2D eigenvalue weighted by Gasteiger charge is -2.11. The van der Waals surface area contributed by atoms with E-state index >= 15 is 0 Å². The highest BCUT2D eigenvalue weighted by molar-refractivity contribution is 6.32. The molecule has 0 aliphatic carbocycles. The van der Waals surface area contributed by atoms with Crippen LogP contribution in [0.25, 0.3) is 0 Å². The fourth-order valence-corrected chi connectivity index (χ4v) is 1.64. The fourth-order valence-electron chi connectivity index (χ4n) is 1.47. The SMILES string of the molecule is CN(C)CCCNCCOc1cc(F)ccc1Cl. The van der Waals surface area contributed by atoms with Crippen LogP contribution in [-0.2, 0) is 0 Å². The van der Waals surface area contributed by atoms with Crippen molar-refractivity contribution in [2.75, 3.05) is 40.3 Å². The van der Waals surface area contributed by atoms with Crippen LogP contribution in [0.5, 0.6) is 5.75 Å². The van der Waals surface area contributed by atoms with Crippen molar-refractivity contribution in [1.29, 1.82) is 0 Å². The minimum atomic E-state index is -0.339. The summed E-state index contributed by atoms with van der Waals surface area (Å²) in [7, 11) is 4.10. The van der Waals surface area contributed by atoms with Gasteiger partial charge in [0.2, 0.25) is 0 Å². The standard InChI is InChI=1S/C13H20ClFN2O/c1-17(2)8-3-6-16-7-9-18-13-10-11(15)4-5-12(13)14/h4-5,10,16H,3,6-9H2,1-2H3. The fraction of sp³-hybridized carbons (Fsp3) is 0.538. The Labute approximate surface area is 113 Å². The maximum atomic E-state index is 12.9. The lowest BCUT2D eigenvalue weighted by Crippen LogP contribution is -2.25. The molecule has 0 fully saturated rings. The molecule has 0 unspecified atom stereocenters. The van der Waals surface area contributed by atoms with E-state index in [9.17, 15) is 4.39 Å². The number of nitrogens with zero attached hydrogens (tertiary/aromatic N) is 1. The third kappa shape index (κ3) is 6.19. The van der Waals surface area contributed by atoms with Crippen LogP contribution in [0, 0.1) is 5.82 Å². The first-order valence-electron chi connectivity index (χ1n) is 6.03. The molecule has 0 atom stereocenters. The molecule has 1 aromatic rings. The zero-order valence-corrected chi connectivity index (χ0v) is 11.6. The summed E-state index contributed by atoms with van der Waals surface area (Å²) in [6.45, 7) is 3.20. The molecule has 18 heavy (non-hydrogen) atoms. The number of rotatable bonds is 8. The molecule has 0 saturated carbocycles. The highest BCUT2D eigenvalue weighted by Gasteiger charge is 2.02. The van der Waals surface area contributed by atoms with Crippen LogP contribution in [0.1, 0.15) is 6.42 Å². The van der Waals surface area contributed by atoms with Crippen molar-refractivity contribution in [3.8, 4) is 5.75 Å². The summed E-state index contributed by atoms with van der Waals surface area (Å²) in [6, 6.07) is 4.11. The van der Waals surface area contributed by atoms with Crippen LogP contribution in [0.2, 0.25) is 5.02 Å². The number of halogens is 2. The molecule has 0 aliphatic heterocycles. The normalized spacial score (nSPS) is 10.9.